The second-order valence-electron chi connectivity index (χ2n) is 3.79. The number of benzene rings is 1. The zero-order valence-corrected chi connectivity index (χ0v) is 11.3. The number of hydrogen-bond donors (Lipinski definition) is 0. The van der Waals surface area contributed by atoms with Gasteiger partial charge in [-0.2, -0.15) is 0 Å². The summed E-state index contributed by atoms with van der Waals surface area (Å²) in [5, 5.41) is 11.0. The second-order valence-corrected chi connectivity index (χ2v) is 4.06. The van der Waals surface area contributed by atoms with Crippen molar-refractivity contribution in [2.45, 2.75) is 5.88 Å². The molecule has 0 aliphatic heterocycles. The molecule has 104 valence electrons. The first-order valence-corrected chi connectivity index (χ1v) is 6.19. The Balaban J connectivity index is 2.43. The normalized spacial score (nSPS) is 10.1. The molecule has 0 N–H and O–H groups in total. The third kappa shape index (κ3) is 2.97. The van der Waals surface area contributed by atoms with Crippen molar-refractivity contribution in [3.8, 4) is 17.4 Å². The molecule has 1 aromatic heterocycles. The monoisotopic (exact) mass is 294 g/mol. The molecule has 0 fully saturated rings. The largest absolute Gasteiger partial charge is 0.497 e. The van der Waals surface area contributed by atoms with Gasteiger partial charge in [0.15, 0.2) is 0 Å². The quantitative estimate of drug-likeness (QED) is 0.479. The van der Waals surface area contributed by atoms with Crippen LogP contribution in [0.2, 0.25) is 0 Å². The van der Waals surface area contributed by atoms with E-state index in [1.807, 2.05) is 0 Å². The Morgan fingerprint density at radius 3 is 2.85 bits per heavy atom. The number of hydrogen-bond acceptors (Lipinski definition) is 5. The molecule has 0 bridgehead atoms. The van der Waals surface area contributed by atoms with Crippen molar-refractivity contribution in [2.75, 3.05) is 7.11 Å². The van der Waals surface area contributed by atoms with E-state index in [1.165, 1.54) is 31.5 Å². The van der Waals surface area contributed by atoms with E-state index in [0.717, 1.165) is 0 Å². The number of alkyl halides is 1. The van der Waals surface area contributed by atoms with Crippen LogP contribution < -0.4 is 9.47 Å². The highest BCUT2D eigenvalue weighted by Crippen LogP contribution is 2.35. The van der Waals surface area contributed by atoms with Crippen LogP contribution in [0.25, 0.3) is 0 Å². The molecular formula is C13H11ClN2O4. The number of pyridine rings is 1. The molecule has 0 saturated heterocycles. The molecule has 1 heterocycles. The van der Waals surface area contributed by atoms with Gasteiger partial charge in [-0.15, -0.1) is 11.6 Å². The topological polar surface area (TPSA) is 74.5 Å². The maximum Gasteiger partial charge on any atom is 0.311 e. The van der Waals surface area contributed by atoms with Crippen molar-refractivity contribution in [3.63, 3.8) is 0 Å². The van der Waals surface area contributed by atoms with Crippen LogP contribution in [0, 0.1) is 10.1 Å². The van der Waals surface area contributed by atoms with Crippen LogP contribution in [-0.2, 0) is 5.88 Å². The van der Waals surface area contributed by atoms with Gasteiger partial charge in [-0.05, 0) is 12.1 Å². The van der Waals surface area contributed by atoms with E-state index in [9.17, 15) is 10.1 Å². The van der Waals surface area contributed by atoms with Gasteiger partial charge in [-0.25, -0.2) is 4.98 Å². The summed E-state index contributed by atoms with van der Waals surface area (Å²) < 4.78 is 10.6. The van der Waals surface area contributed by atoms with Gasteiger partial charge >= 0.3 is 5.69 Å². The minimum absolute atomic E-state index is 0.0550. The third-order valence-corrected chi connectivity index (χ3v) is 2.85. The Morgan fingerprint density at radius 2 is 2.20 bits per heavy atom. The molecule has 20 heavy (non-hydrogen) atoms. The van der Waals surface area contributed by atoms with Gasteiger partial charge in [0.1, 0.15) is 5.75 Å². The highest BCUT2D eigenvalue weighted by atomic mass is 35.5. The van der Waals surface area contributed by atoms with Gasteiger partial charge in [0.2, 0.25) is 11.6 Å². The lowest BCUT2D eigenvalue weighted by atomic mass is 10.2. The van der Waals surface area contributed by atoms with Crippen LogP contribution in [-0.4, -0.2) is 17.0 Å². The van der Waals surface area contributed by atoms with Gasteiger partial charge in [-0.3, -0.25) is 10.1 Å². The lowest BCUT2D eigenvalue weighted by molar-refractivity contribution is -0.385. The Bertz CT molecular complexity index is 634. The molecule has 0 unspecified atom stereocenters. The molecule has 0 atom stereocenters. The summed E-state index contributed by atoms with van der Waals surface area (Å²) in [6, 6.07) is 7.69. The van der Waals surface area contributed by atoms with E-state index in [0.29, 0.717) is 11.3 Å². The van der Waals surface area contributed by atoms with Gasteiger partial charge in [0.25, 0.3) is 0 Å². The molecular weight excluding hydrogens is 284 g/mol. The summed E-state index contributed by atoms with van der Waals surface area (Å²) in [5.41, 5.74) is 0.475. The van der Waals surface area contributed by atoms with Gasteiger partial charge in [0, 0.05) is 23.9 Å². The van der Waals surface area contributed by atoms with E-state index in [-0.39, 0.29) is 23.2 Å². The van der Waals surface area contributed by atoms with Crippen LogP contribution >= 0.6 is 11.6 Å². The number of methoxy groups -OCH3 is 1. The summed E-state index contributed by atoms with van der Waals surface area (Å²) >= 11 is 5.78. The van der Waals surface area contributed by atoms with Gasteiger partial charge in [0.05, 0.1) is 17.9 Å². The van der Waals surface area contributed by atoms with Crippen LogP contribution in [0.1, 0.15) is 5.56 Å². The van der Waals surface area contributed by atoms with Gasteiger partial charge < -0.3 is 9.47 Å². The van der Waals surface area contributed by atoms with Crippen molar-refractivity contribution >= 4 is 17.3 Å². The maximum absolute atomic E-state index is 11.0. The number of aromatic nitrogens is 1. The van der Waals surface area contributed by atoms with Crippen LogP contribution in [0.3, 0.4) is 0 Å². The molecule has 1 aromatic carbocycles. The van der Waals surface area contributed by atoms with Crippen LogP contribution in [0.4, 0.5) is 5.69 Å². The Hall–Kier alpha value is -2.34. The fourth-order valence-electron chi connectivity index (χ4n) is 1.58. The first-order chi connectivity index (χ1) is 9.65. The standard InChI is InChI=1S/C13H11ClN2O4/c1-19-10-4-5-11(16(17)18)12(7-10)20-13-9(8-14)3-2-6-15-13/h2-7H,8H2,1H3. The van der Waals surface area contributed by atoms with Crippen molar-refractivity contribution in [1.29, 1.82) is 0 Å². The van der Waals surface area contributed by atoms with Crippen molar-refractivity contribution in [3.05, 3.63) is 52.2 Å². The first-order valence-electron chi connectivity index (χ1n) is 5.66. The van der Waals surface area contributed by atoms with Crippen LogP contribution in [0.15, 0.2) is 36.5 Å². The molecule has 0 amide bonds. The summed E-state index contributed by atoms with van der Waals surface area (Å²) in [6.45, 7) is 0. The van der Waals surface area contributed by atoms with E-state index < -0.39 is 4.92 Å². The predicted octanol–water partition coefficient (Wildman–Crippen LogP) is 3.53. The average molecular weight is 295 g/mol. The SMILES string of the molecule is COc1ccc([N+](=O)[O-])c(Oc2ncccc2CCl)c1. The minimum atomic E-state index is -0.530. The zero-order chi connectivity index (χ0) is 14.5. The highest BCUT2D eigenvalue weighted by molar-refractivity contribution is 6.17. The summed E-state index contributed by atoms with van der Waals surface area (Å²) in [5.74, 6) is 0.938. The second kappa shape index (κ2) is 6.21. The Morgan fingerprint density at radius 1 is 1.40 bits per heavy atom. The molecule has 0 spiro atoms. The minimum Gasteiger partial charge on any atom is -0.497 e. The predicted molar refractivity (Wildman–Crippen MR) is 73.5 cm³/mol. The maximum atomic E-state index is 11.0. The highest BCUT2D eigenvalue weighted by Gasteiger charge is 2.18. The van der Waals surface area contributed by atoms with Crippen molar-refractivity contribution in [2.24, 2.45) is 0 Å². The number of ether oxygens (including phenoxy) is 2. The molecule has 7 heteroatoms. The molecule has 6 nitrogen and oxygen atoms in total. The smallest absolute Gasteiger partial charge is 0.311 e. The summed E-state index contributed by atoms with van der Waals surface area (Å²) in [6.07, 6.45) is 1.53. The molecule has 2 aromatic rings. The van der Waals surface area contributed by atoms with Crippen molar-refractivity contribution < 1.29 is 14.4 Å². The number of nitro benzene ring substituents is 1. The van der Waals surface area contributed by atoms with E-state index in [1.54, 1.807) is 12.1 Å². The zero-order valence-electron chi connectivity index (χ0n) is 10.6. The summed E-state index contributed by atoms with van der Waals surface area (Å²) in [4.78, 5) is 14.5. The van der Waals surface area contributed by atoms with Crippen LogP contribution in [0.5, 0.6) is 17.4 Å². The third-order valence-electron chi connectivity index (χ3n) is 2.56. The number of rotatable bonds is 5. The molecule has 2 rings (SSSR count). The van der Waals surface area contributed by atoms with Gasteiger partial charge in [-0.1, -0.05) is 6.07 Å². The Labute approximate surface area is 120 Å². The summed E-state index contributed by atoms with van der Waals surface area (Å²) in [7, 11) is 1.47. The van der Waals surface area contributed by atoms with E-state index >= 15 is 0 Å². The fourth-order valence-corrected chi connectivity index (χ4v) is 1.78. The number of nitro groups is 1. The lowest BCUT2D eigenvalue weighted by Crippen LogP contribution is -1.97. The lowest BCUT2D eigenvalue weighted by Gasteiger charge is -2.09. The average Bonchev–Trinajstić information content (AvgIpc) is 2.47. The molecule has 0 aliphatic rings. The van der Waals surface area contributed by atoms with Crippen molar-refractivity contribution in [1.82, 2.24) is 4.98 Å². The number of nitrogens with zero attached hydrogens (tertiary/aromatic N) is 2. The molecule has 0 aliphatic carbocycles. The first kappa shape index (κ1) is 14.1. The molecule has 0 saturated carbocycles. The van der Waals surface area contributed by atoms with E-state index in [4.69, 9.17) is 21.1 Å². The van der Waals surface area contributed by atoms with E-state index in [2.05, 4.69) is 4.98 Å². The Kier molecular flexibility index (Phi) is 4.37. The molecule has 0 radical (unpaired) electrons. The fraction of sp³-hybridized carbons (Fsp3) is 0.154. The number of halogens is 1.